The maximum absolute atomic E-state index is 11.7. The fourth-order valence-corrected chi connectivity index (χ4v) is 3.44. The first-order valence-electron chi connectivity index (χ1n) is 7.15. The molecule has 2 heterocycles. The van der Waals surface area contributed by atoms with Gasteiger partial charge in [0.25, 0.3) is 5.95 Å². The predicted molar refractivity (Wildman–Crippen MR) is 72.6 cm³/mol. The van der Waals surface area contributed by atoms with E-state index in [1.54, 1.807) is 0 Å². The molecule has 3 rings (SSSR count). The SMILES string of the molecule is CC(C)(C)c1nc(N2C[C@@H]3CCC[C@@]3(C(=O)O)C2)no1. The molecule has 20 heavy (non-hydrogen) atoms. The van der Waals surface area contributed by atoms with E-state index in [4.69, 9.17) is 4.52 Å². The van der Waals surface area contributed by atoms with Gasteiger partial charge in [-0.1, -0.05) is 27.2 Å². The molecular weight excluding hydrogens is 258 g/mol. The van der Waals surface area contributed by atoms with Gasteiger partial charge in [-0.15, -0.1) is 0 Å². The lowest BCUT2D eigenvalue weighted by Crippen LogP contribution is -2.35. The molecular formula is C14H21N3O3. The molecule has 110 valence electrons. The number of anilines is 1. The van der Waals surface area contributed by atoms with Crippen LogP contribution in [-0.2, 0) is 10.2 Å². The summed E-state index contributed by atoms with van der Waals surface area (Å²) in [5, 5.41) is 13.6. The Balaban J connectivity index is 1.84. The highest BCUT2D eigenvalue weighted by Crippen LogP contribution is 2.49. The van der Waals surface area contributed by atoms with E-state index in [9.17, 15) is 9.90 Å². The Morgan fingerprint density at radius 1 is 1.50 bits per heavy atom. The lowest BCUT2D eigenvalue weighted by Gasteiger charge is -2.22. The Morgan fingerprint density at radius 3 is 2.80 bits per heavy atom. The van der Waals surface area contributed by atoms with Gasteiger partial charge in [-0.25, -0.2) is 0 Å². The van der Waals surface area contributed by atoms with Gasteiger partial charge < -0.3 is 14.5 Å². The fraction of sp³-hybridized carbons (Fsp3) is 0.786. The Morgan fingerprint density at radius 2 is 2.25 bits per heavy atom. The van der Waals surface area contributed by atoms with Gasteiger partial charge in [-0.2, -0.15) is 4.98 Å². The van der Waals surface area contributed by atoms with E-state index in [0.717, 1.165) is 25.8 Å². The summed E-state index contributed by atoms with van der Waals surface area (Å²) in [5.74, 6) is 0.650. The maximum Gasteiger partial charge on any atom is 0.311 e. The van der Waals surface area contributed by atoms with Crippen LogP contribution in [0, 0.1) is 11.3 Å². The lowest BCUT2D eigenvalue weighted by molar-refractivity contribution is -0.149. The van der Waals surface area contributed by atoms with E-state index in [2.05, 4.69) is 10.1 Å². The summed E-state index contributed by atoms with van der Waals surface area (Å²) in [6.07, 6.45) is 2.74. The molecule has 0 spiro atoms. The van der Waals surface area contributed by atoms with Crippen molar-refractivity contribution < 1.29 is 14.4 Å². The molecule has 1 saturated carbocycles. The van der Waals surface area contributed by atoms with Crippen LogP contribution in [-0.4, -0.2) is 34.3 Å². The topological polar surface area (TPSA) is 79.5 Å². The molecule has 6 heteroatoms. The van der Waals surface area contributed by atoms with Gasteiger partial charge in [-0.05, 0) is 23.9 Å². The second kappa shape index (κ2) is 4.20. The summed E-state index contributed by atoms with van der Waals surface area (Å²) in [7, 11) is 0. The molecule has 1 aliphatic carbocycles. The van der Waals surface area contributed by atoms with Crippen LogP contribution in [0.3, 0.4) is 0 Å². The average molecular weight is 279 g/mol. The Bertz CT molecular complexity index is 534. The summed E-state index contributed by atoms with van der Waals surface area (Å²) < 4.78 is 5.31. The standard InChI is InChI=1S/C14H21N3O3/c1-13(2,3)10-15-12(16-20-10)17-7-9-5-4-6-14(9,8-17)11(18)19/h9H,4-8H2,1-3H3,(H,18,19)/t9-,14+/m0/s1. The number of aromatic nitrogens is 2. The van der Waals surface area contributed by atoms with Gasteiger partial charge in [-0.3, -0.25) is 4.79 Å². The summed E-state index contributed by atoms with van der Waals surface area (Å²) in [6.45, 7) is 7.26. The van der Waals surface area contributed by atoms with Crippen molar-refractivity contribution in [2.24, 2.45) is 11.3 Å². The van der Waals surface area contributed by atoms with E-state index in [1.807, 2.05) is 25.7 Å². The van der Waals surface area contributed by atoms with E-state index >= 15 is 0 Å². The highest BCUT2D eigenvalue weighted by Gasteiger charge is 2.55. The van der Waals surface area contributed by atoms with Crippen LogP contribution in [0.4, 0.5) is 5.95 Å². The summed E-state index contributed by atoms with van der Waals surface area (Å²) in [4.78, 5) is 18.1. The summed E-state index contributed by atoms with van der Waals surface area (Å²) >= 11 is 0. The molecule has 1 aromatic heterocycles. The number of aliphatic carboxylic acids is 1. The average Bonchev–Trinajstić information content (AvgIpc) is 3.00. The van der Waals surface area contributed by atoms with Crippen molar-refractivity contribution in [1.82, 2.24) is 10.1 Å². The van der Waals surface area contributed by atoms with Crippen LogP contribution in [0.25, 0.3) is 0 Å². The monoisotopic (exact) mass is 279 g/mol. The Hall–Kier alpha value is -1.59. The molecule has 1 N–H and O–H groups in total. The normalized spacial score (nSPS) is 29.8. The van der Waals surface area contributed by atoms with Gasteiger partial charge in [0.05, 0.1) is 5.41 Å². The van der Waals surface area contributed by atoms with Crippen molar-refractivity contribution in [3.05, 3.63) is 5.89 Å². The van der Waals surface area contributed by atoms with Gasteiger partial charge in [0, 0.05) is 18.5 Å². The second-order valence-electron chi connectivity index (χ2n) is 7.08. The Labute approximate surface area is 118 Å². The fourth-order valence-electron chi connectivity index (χ4n) is 3.44. The van der Waals surface area contributed by atoms with Crippen molar-refractivity contribution in [2.45, 2.75) is 45.4 Å². The largest absolute Gasteiger partial charge is 0.481 e. The quantitative estimate of drug-likeness (QED) is 0.892. The van der Waals surface area contributed by atoms with E-state index in [1.165, 1.54) is 0 Å². The molecule has 6 nitrogen and oxygen atoms in total. The molecule has 1 saturated heterocycles. The zero-order chi connectivity index (χ0) is 14.5. The van der Waals surface area contributed by atoms with Crippen molar-refractivity contribution >= 4 is 11.9 Å². The number of carbonyl (C=O) groups is 1. The number of carboxylic acid groups (broad SMARTS) is 1. The summed E-state index contributed by atoms with van der Waals surface area (Å²) in [5.41, 5.74) is -0.798. The highest BCUT2D eigenvalue weighted by molar-refractivity contribution is 5.77. The molecule has 0 bridgehead atoms. The van der Waals surface area contributed by atoms with Crippen molar-refractivity contribution in [3.8, 4) is 0 Å². The third-order valence-electron chi connectivity index (χ3n) is 4.64. The van der Waals surface area contributed by atoms with Crippen molar-refractivity contribution in [3.63, 3.8) is 0 Å². The minimum absolute atomic E-state index is 0.189. The first kappa shape index (κ1) is 13.4. The molecule has 1 aliphatic heterocycles. The van der Waals surface area contributed by atoms with Gasteiger partial charge >= 0.3 is 5.97 Å². The van der Waals surface area contributed by atoms with Gasteiger partial charge in [0.2, 0.25) is 5.89 Å². The third kappa shape index (κ3) is 1.89. The number of hydrogen-bond donors (Lipinski definition) is 1. The molecule has 1 aromatic rings. The first-order valence-corrected chi connectivity index (χ1v) is 7.15. The van der Waals surface area contributed by atoms with Gasteiger partial charge in [0.15, 0.2) is 0 Å². The molecule has 2 aliphatic rings. The molecule has 0 radical (unpaired) electrons. The van der Waals surface area contributed by atoms with Crippen molar-refractivity contribution in [1.29, 1.82) is 0 Å². The second-order valence-corrected chi connectivity index (χ2v) is 7.08. The lowest BCUT2D eigenvalue weighted by atomic mass is 9.81. The number of carboxylic acids is 1. The van der Waals surface area contributed by atoms with Crippen LogP contribution in [0.5, 0.6) is 0 Å². The molecule has 2 atom stereocenters. The Kier molecular flexibility index (Phi) is 2.81. The zero-order valence-corrected chi connectivity index (χ0v) is 12.2. The minimum Gasteiger partial charge on any atom is -0.481 e. The first-order chi connectivity index (χ1) is 9.33. The number of hydrogen-bond acceptors (Lipinski definition) is 5. The molecule has 0 aromatic carbocycles. The van der Waals surface area contributed by atoms with Crippen LogP contribution >= 0.6 is 0 Å². The maximum atomic E-state index is 11.7. The summed E-state index contributed by atoms with van der Waals surface area (Å²) in [6, 6.07) is 0. The van der Waals surface area contributed by atoms with Crippen molar-refractivity contribution in [2.75, 3.05) is 18.0 Å². The number of rotatable bonds is 2. The zero-order valence-electron chi connectivity index (χ0n) is 12.2. The van der Waals surface area contributed by atoms with E-state index < -0.39 is 11.4 Å². The molecule has 2 fully saturated rings. The predicted octanol–water partition coefficient (Wildman–Crippen LogP) is 2.06. The smallest absolute Gasteiger partial charge is 0.311 e. The van der Waals surface area contributed by atoms with Crippen LogP contribution in [0.15, 0.2) is 4.52 Å². The van der Waals surface area contributed by atoms with Crippen LogP contribution in [0.2, 0.25) is 0 Å². The van der Waals surface area contributed by atoms with E-state index in [0.29, 0.717) is 18.4 Å². The van der Waals surface area contributed by atoms with E-state index in [-0.39, 0.29) is 11.3 Å². The van der Waals surface area contributed by atoms with Crippen LogP contribution in [0.1, 0.15) is 45.9 Å². The van der Waals surface area contributed by atoms with Crippen LogP contribution < -0.4 is 4.90 Å². The van der Waals surface area contributed by atoms with Gasteiger partial charge in [0.1, 0.15) is 0 Å². The number of nitrogens with zero attached hydrogens (tertiary/aromatic N) is 3. The number of fused-ring (bicyclic) bond motifs is 1. The minimum atomic E-state index is -0.679. The third-order valence-corrected chi connectivity index (χ3v) is 4.64. The molecule has 0 amide bonds. The highest BCUT2D eigenvalue weighted by atomic mass is 16.5. The molecule has 0 unspecified atom stereocenters.